The Morgan fingerprint density at radius 1 is 0.875 bits per heavy atom. The normalized spacial score (nSPS) is 10.4. The van der Waals surface area contributed by atoms with Gasteiger partial charge in [0.25, 0.3) is 0 Å². The molecule has 0 amide bonds. The molecule has 0 aliphatic rings. The maximum Gasteiger partial charge on any atom is 0.126 e. The van der Waals surface area contributed by atoms with Gasteiger partial charge in [0.15, 0.2) is 0 Å². The number of rotatable bonds is 1. The highest BCUT2D eigenvalue weighted by Crippen LogP contribution is 2.21. The van der Waals surface area contributed by atoms with Gasteiger partial charge in [-0.2, -0.15) is 0 Å². The lowest BCUT2D eigenvalue weighted by Crippen LogP contribution is -2.07. The summed E-state index contributed by atoms with van der Waals surface area (Å²) in [7, 11) is 5.37. The zero-order valence-electron chi connectivity index (χ0n) is 8.80. The van der Waals surface area contributed by atoms with Crippen LogP contribution in [0.4, 0.5) is 8.78 Å². The summed E-state index contributed by atoms with van der Waals surface area (Å²) in [6.07, 6.45) is 0. The second kappa shape index (κ2) is 4.09. The molecule has 0 heterocycles. The fourth-order valence-electron chi connectivity index (χ4n) is 1.48. The predicted octanol–water partition coefficient (Wildman–Crippen LogP) is 2.73. The first-order chi connectivity index (χ1) is 7.58. The zero-order valence-corrected chi connectivity index (χ0v) is 8.80. The minimum atomic E-state index is -0.488. The van der Waals surface area contributed by atoms with Crippen LogP contribution in [-0.2, 0) is 0 Å². The number of hydrogen-bond donors (Lipinski definition) is 0. The van der Waals surface area contributed by atoms with E-state index in [1.165, 1.54) is 18.2 Å². The molecule has 2 rings (SSSR count). The molecule has 78 valence electrons. The maximum absolute atomic E-state index is 13.3. The van der Waals surface area contributed by atoms with E-state index in [2.05, 4.69) is 0 Å². The van der Waals surface area contributed by atoms with E-state index in [9.17, 15) is 8.78 Å². The molecule has 0 spiro atoms. The van der Waals surface area contributed by atoms with Gasteiger partial charge < -0.3 is 0 Å². The fourth-order valence-corrected chi connectivity index (χ4v) is 1.48. The van der Waals surface area contributed by atoms with Gasteiger partial charge in [0.2, 0.25) is 0 Å². The molecule has 0 unspecified atom stereocenters. The molecule has 0 N–H and O–H groups in total. The predicted molar refractivity (Wildman–Crippen MR) is 61.9 cm³/mol. The van der Waals surface area contributed by atoms with Crippen molar-refractivity contribution in [2.75, 3.05) is 0 Å². The second-order valence-electron chi connectivity index (χ2n) is 3.70. The van der Waals surface area contributed by atoms with Gasteiger partial charge in [0.05, 0.1) is 0 Å². The number of aryl methyl sites for hydroxylation is 1. The summed E-state index contributed by atoms with van der Waals surface area (Å²) >= 11 is 0. The molecule has 0 saturated heterocycles. The van der Waals surface area contributed by atoms with Crippen molar-refractivity contribution in [2.24, 2.45) is 0 Å². The molecule has 2 aromatic carbocycles. The van der Waals surface area contributed by atoms with Gasteiger partial charge in [-0.15, -0.1) is 0 Å². The summed E-state index contributed by atoms with van der Waals surface area (Å²) in [6, 6.07) is 9.26. The lowest BCUT2D eigenvalue weighted by molar-refractivity contribution is 0.619. The van der Waals surface area contributed by atoms with Gasteiger partial charge in [0.1, 0.15) is 19.5 Å². The van der Waals surface area contributed by atoms with Crippen molar-refractivity contribution in [3.63, 3.8) is 0 Å². The molecule has 16 heavy (non-hydrogen) atoms. The highest BCUT2D eigenvalue weighted by molar-refractivity contribution is 6.32. The molecule has 3 heteroatoms. The van der Waals surface area contributed by atoms with E-state index in [-0.39, 0.29) is 11.3 Å². The molecule has 0 aromatic heterocycles. The fraction of sp³-hybridized carbons (Fsp3) is 0.0769. The Kier molecular flexibility index (Phi) is 2.78. The molecular weight excluding hydrogens is 205 g/mol. The molecule has 0 atom stereocenters. The summed E-state index contributed by atoms with van der Waals surface area (Å²) < 4.78 is 26.6. The van der Waals surface area contributed by atoms with E-state index < -0.39 is 5.82 Å². The summed E-state index contributed by atoms with van der Waals surface area (Å²) in [5.41, 5.74) is 1.92. The Bertz CT molecular complexity index is 486. The largest absolute Gasteiger partial charge is 0.208 e. The third-order valence-electron chi connectivity index (χ3n) is 2.51. The second-order valence-corrected chi connectivity index (χ2v) is 3.70. The smallest absolute Gasteiger partial charge is 0.126 e. The van der Waals surface area contributed by atoms with Crippen LogP contribution >= 0.6 is 0 Å². The van der Waals surface area contributed by atoms with E-state index in [1.54, 1.807) is 25.1 Å². The Morgan fingerprint density at radius 2 is 1.44 bits per heavy atom. The minimum Gasteiger partial charge on any atom is -0.208 e. The summed E-state index contributed by atoms with van der Waals surface area (Å²) in [5.74, 6) is -0.784. The van der Waals surface area contributed by atoms with Crippen molar-refractivity contribution < 1.29 is 8.78 Å². The summed E-state index contributed by atoms with van der Waals surface area (Å²) in [4.78, 5) is 0. The van der Waals surface area contributed by atoms with Crippen LogP contribution < -0.4 is 5.46 Å². The Balaban J connectivity index is 2.50. The third kappa shape index (κ3) is 1.99. The third-order valence-corrected chi connectivity index (χ3v) is 2.51. The van der Waals surface area contributed by atoms with E-state index >= 15 is 0 Å². The van der Waals surface area contributed by atoms with E-state index in [4.69, 9.17) is 7.85 Å². The van der Waals surface area contributed by atoms with Crippen LogP contribution in [0.1, 0.15) is 5.56 Å². The van der Waals surface area contributed by atoms with E-state index in [0.29, 0.717) is 16.7 Å². The summed E-state index contributed by atoms with van der Waals surface area (Å²) in [5, 5.41) is 0. The SMILES string of the molecule is [B]c1ccc(-c2ccc(C)c(F)c2)cc1F. The van der Waals surface area contributed by atoms with Gasteiger partial charge >= 0.3 is 0 Å². The molecule has 0 fully saturated rings. The highest BCUT2D eigenvalue weighted by Gasteiger charge is 2.04. The van der Waals surface area contributed by atoms with Crippen molar-refractivity contribution in [2.45, 2.75) is 6.92 Å². The number of benzene rings is 2. The van der Waals surface area contributed by atoms with Crippen molar-refractivity contribution in [3.05, 3.63) is 53.6 Å². The lowest BCUT2D eigenvalue weighted by Gasteiger charge is -2.05. The first kappa shape index (κ1) is 10.9. The van der Waals surface area contributed by atoms with Gasteiger partial charge in [-0.1, -0.05) is 29.7 Å². The maximum atomic E-state index is 13.3. The molecule has 0 saturated carbocycles. The first-order valence-electron chi connectivity index (χ1n) is 4.89. The van der Waals surface area contributed by atoms with E-state index in [1.807, 2.05) is 0 Å². The molecule has 0 aliphatic heterocycles. The van der Waals surface area contributed by atoms with E-state index in [0.717, 1.165) is 0 Å². The minimum absolute atomic E-state index is 0.0938. The summed E-state index contributed by atoms with van der Waals surface area (Å²) in [6.45, 7) is 1.68. The van der Waals surface area contributed by atoms with Crippen molar-refractivity contribution in [1.29, 1.82) is 0 Å². The van der Waals surface area contributed by atoms with Crippen LogP contribution in [-0.4, -0.2) is 7.85 Å². The van der Waals surface area contributed by atoms with Crippen molar-refractivity contribution in [3.8, 4) is 11.1 Å². The van der Waals surface area contributed by atoms with Crippen LogP contribution in [0.15, 0.2) is 36.4 Å². The molecule has 2 radical (unpaired) electrons. The molecular formula is C13H9BF2. The van der Waals surface area contributed by atoms with Gasteiger partial charge in [-0.05, 0) is 35.7 Å². The van der Waals surface area contributed by atoms with Crippen LogP contribution in [0.25, 0.3) is 11.1 Å². The topological polar surface area (TPSA) is 0 Å². The Labute approximate surface area is 94.3 Å². The van der Waals surface area contributed by atoms with Gasteiger partial charge in [-0.3, -0.25) is 0 Å². The standard InChI is InChI=1S/C13H9BF2/c1-8-2-3-9(6-12(8)15)10-4-5-11(14)13(16)7-10/h2-7H,1H3. The van der Waals surface area contributed by atoms with Gasteiger partial charge in [-0.25, -0.2) is 8.78 Å². The molecule has 0 aliphatic carbocycles. The van der Waals surface area contributed by atoms with Gasteiger partial charge in [0, 0.05) is 0 Å². The van der Waals surface area contributed by atoms with Crippen LogP contribution in [0.2, 0.25) is 0 Å². The number of hydrogen-bond acceptors (Lipinski definition) is 0. The zero-order chi connectivity index (χ0) is 11.7. The number of halogens is 2. The Morgan fingerprint density at radius 3 is 2.00 bits per heavy atom. The molecule has 0 bridgehead atoms. The lowest BCUT2D eigenvalue weighted by atomic mass is 9.92. The van der Waals surface area contributed by atoms with Crippen molar-refractivity contribution in [1.82, 2.24) is 0 Å². The average molecular weight is 214 g/mol. The van der Waals surface area contributed by atoms with Crippen LogP contribution in [0.5, 0.6) is 0 Å². The Hall–Kier alpha value is -1.64. The average Bonchev–Trinajstić information content (AvgIpc) is 2.26. The first-order valence-corrected chi connectivity index (χ1v) is 4.89. The quantitative estimate of drug-likeness (QED) is 0.640. The van der Waals surface area contributed by atoms with Crippen LogP contribution in [0.3, 0.4) is 0 Å². The highest BCUT2D eigenvalue weighted by atomic mass is 19.1. The van der Waals surface area contributed by atoms with Crippen molar-refractivity contribution >= 4 is 13.3 Å². The molecule has 2 aromatic rings. The monoisotopic (exact) mass is 214 g/mol. The molecule has 0 nitrogen and oxygen atoms in total. The van der Waals surface area contributed by atoms with Crippen LogP contribution in [0, 0.1) is 18.6 Å².